The monoisotopic (exact) mass is 374 g/mol. The van der Waals surface area contributed by atoms with E-state index in [4.69, 9.17) is 9.47 Å². The standard InChI is InChI=1S/C18H14O7S/c19-12-1-5-14(6-2-12)24-16-9-10-17(18(11-16)26(21,22)23)25-15-7-3-13(20)4-8-15/h1-11,19-20H,(H,21,22,23). The lowest BCUT2D eigenvalue weighted by Crippen LogP contribution is -2.01. The highest BCUT2D eigenvalue weighted by Crippen LogP contribution is 2.34. The van der Waals surface area contributed by atoms with Gasteiger partial charge in [-0.25, -0.2) is 0 Å². The molecule has 0 aromatic heterocycles. The smallest absolute Gasteiger partial charge is 0.298 e. The summed E-state index contributed by atoms with van der Waals surface area (Å²) in [6, 6.07) is 15.4. The molecule has 0 fully saturated rings. The van der Waals surface area contributed by atoms with E-state index in [9.17, 15) is 23.2 Å². The molecule has 0 spiro atoms. The SMILES string of the molecule is O=S(=O)(O)c1cc(Oc2ccc(O)cc2)ccc1Oc1ccc(O)cc1. The Labute approximate surface area is 149 Å². The predicted octanol–water partition coefficient (Wildman–Crippen LogP) is 3.93. The summed E-state index contributed by atoms with van der Waals surface area (Å²) in [6.45, 7) is 0. The first-order valence-corrected chi connectivity index (χ1v) is 8.80. The number of aromatic hydroxyl groups is 2. The van der Waals surface area contributed by atoms with Crippen molar-refractivity contribution in [3.05, 3.63) is 66.7 Å². The molecule has 0 amide bonds. The fraction of sp³-hybridized carbons (Fsp3) is 0. The van der Waals surface area contributed by atoms with Crippen molar-refractivity contribution < 1.29 is 32.7 Å². The zero-order valence-electron chi connectivity index (χ0n) is 13.2. The quantitative estimate of drug-likeness (QED) is 0.580. The van der Waals surface area contributed by atoms with E-state index < -0.39 is 15.0 Å². The van der Waals surface area contributed by atoms with Gasteiger partial charge in [-0.3, -0.25) is 4.55 Å². The Kier molecular flexibility index (Phi) is 4.70. The molecule has 134 valence electrons. The van der Waals surface area contributed by atoms with Crippen molar-refractivity contribution in [1.29, 1.82) is 0 Å². The summed E-state index contributed by atoms with van der Waals surface area (Å²) in [4.78, 5) is -0.471. The van der Waals surface area contributed by atoms with Gasteiger partial charge in [0.2, 0.25) is 0 Å². The van der Waals surface area contributed by atoms with Gasteiger partial charge < -0.3 is 19.7 Å². The lowest BCUT2D eigenvalue weighted by Gasteiger charge is -2.12. The predicted molar refractivity (Wildman–Crippen MR) is 92.6 cm³/mol. The van der Waals surface area contributed by atoms with Gasteiger partial charge in [0.05, 0.1) is 0 Å². The van der Waals surface area contributed by atoms with Gasteiger partial charge in [0.1, 0.15) is 39.4 Å². The largest absolute Gasteiger partial charge is 0.508 e. The van der Waals surface area contributed by atoms with E-state index in [0.29, 0.717) is 5.75 Å². The third kappa shape index (κ3) is 4.24. The molecular weight excluding hydrogens is 360 g/mol. The van der Waals surface area contributed by atoms with Crippen molar-refractivity contribution in [2.75, 3.05) is 0 Å². The molecule has 0 saturated heterocycles. The molecule has 0 aliphatic rings. The number of rotatable bonds is 5. The third-order valence-electron chi connectivity index (χ3n) is 3.33. The van der Waals surface area contributed by atoms with Crippen LogP contribution in [0.15, 0.2) is 71.6 Å². The van der Waals surface area contributed by atoms with Crippen LogP contribution in [-0.2, 0) is 10.1 Å². The average molecular weight is 374 g/mol. The maximum atomic E-state index is 11.7. The van der Waals surface area contributed by atoms with Crippen LogP contribution in [0.3, 0.4) is 0 Å². The Bertz CT molecular complexity index is 1010. The summed E-state index contributed by atoms with van der Waals surface area (Å²) in [5.74, 6) is 0.799. The van der Waals surface area contributed by atoms with Gasteiger partial charge in [-0.2, -0.15) is 8.42 Å². The summed E-state index contributed by atoms with van der Waals surface area (Å²) >= 11 is 0. The van der Waals surface area contributed by atoms with Gasteiger partial charge in [-0.15, -0.1) is 0 Å². The van der Waals surface area contributed by atoms with Crippen molar-refractivity contribution in [2.24, 2.45) is 0 Å². The molecule has 0 heterocycles. The summed E-state index contributed by atoms with van der Waals surface area (Å²) in [5, 5.41) is 18.5. The lowest BCUT2D eigenvalue weighted by atomic mass is 10.3. The Hall–Kier alpha value is -3.23. The lowest BCUT2D eigenvalue weighted by molar-refractivity contribution is 0.438. The van der Waals surface area contributed by atoms with E-state index in [1.54, 1.807) is 0 Å². The average Bonchev–Trinajstić information content (AvgIpc) is 2.59. The van der Waals surface area contributed by atoms with Crippen LogP contribution < -0.4 is 9.47 Å². The fourth-order valence-corrected chi connectivity index (χ4v) is 2.76. The van der Waals surface area contributed by atoms with E-state index >= 15 is 0 Å². The molecule has 0 radical (unpaired) electrons. The van der Waals surface area contributed by atoms with E-state index in [1.807, 2.05) is 0 Å². The van der Waals surface area contributed by atoms with Crippen LogP contribution >= 0.6 is 0 Å². The second kappa shape index (κ2) is 6.95. The van der Waals surface area contributed by atoms with Gasteiger partial charge in [0.25, 0.3) is 10.1 Å². The number of phenolic OH excluding ortho intramolecular Hbond substituents is 2. The van der Waals surface area contributed by atoms with Gasteiger partial charge >= 0.3 is 0 Å². The first kappa shape index (κ1) is 17.6. The van der Waals surface area contributed by atoms with Crippen LogP contribution in [0.1, 0.15) is 0 Å². The highest BCUT2D eigenvalue weighted by molar-refractivity contribution is 7.86. The molecular formula is C18H14O7S. The van der Waals surface area contributed by atoms with Crippen LogP contribution in [0.25, 0.3) is 0 Å². The summed E-state index contributed by atoms with van der Waals surface area (Å²) in [7, 11) is -4.58. The van der Waals surface area contributed by atoms with Gasteiger partial charge in [0.15, 0.2) is 0 Å². The third-order valence-corrected chi connectivity index (χ3v) is 4.20. The maximum absolute atomic E-state index is 11.7. The molecule has 3 aromatic carbocycles. The second-order valence-corrected chi connectivity index (χ2v) is 6.67. The minimum atomic E-state index is -4.58. The van der Waals surface area contributed by atoms with Crippen molar-refractivity contribution in [2.45, 2.75) is 4.90 Å². The molecule has 26 heavy (non-hydrogen) atoms. The zero-order chi connectivity index (χ0) is 18.7. The molecule has 3 rings (SSSR count). The van der Waals surface area contributed by atoms with Gasteiger partial charge in [-0.1, -0.05) is 0 Å². The highest BCUT2D eigenvalue weighted by atomic mass is 32.2. The molecule has 0 saturated carbocycles. The summed E-state index contributed by atoms with van der Waals surface area (Å²) < 4.78 is 43.9. The molecule has 0 aliphatic heterocycles. The Balaban J connectivity index is 1.93. The van der Waals surface area contributed by atoms with Gasteiger partial charge in [-0.05, 0) is 60.7 Å². The number of benzene rings is 3. The van der Waals surface area contributed by atoms with E-state index in [2.05, 4.69) is 0 Å². The minimum Gasteiger partial charge on any atom is -0.508 e. The number of hydrogen-bond acceptors (Lipinski definition) is 6. The van der Waals surface area contributed by atoms with Crippen LogP contribution in [0.4, 0.5) is 0 Å². The van der Waals surface area contributed by atoms with Crippen LogP contribution in [-0.4, -0.2) is 23.2 Å². The molecule has 3 N–H and O–H groups in total. The first-order valence-electron chi connectivity index (χ1n) is 7.36. The van der Waals surface area contributed by atoms with Crippen molar-refractivity contribution in [3.8, 4) is 34.5 Å². The van der Waals surface area contributed by atoms with Crippen molar-refractivity contribution >= 4 is 10.1 Å². The first-order chi connectivity index (χ1) is 12.3. The van der Waals surface area contributed by atoms with Crippen molar-refractivity contribution in [3.63, 3.8) is 0 Å². The fourth-order valence-electron chi connectivity index (χ4n) is 2.13. The molecule has 0 atom stereocenters. The molecule has 0 aliphatic carbocycles. The van der Waals surface area contributed by atoms with Crippen LogP contribution in [0.2, 0.25) is 0 Å². The minimum absolute atomic E-state index is 0.0324. The maximum Gasteiger partial charge on any atom is 0.298 e. The highest BCUT2D eigenvalue weighted by Gasteiger charge is 2.19. The molecule has 8 heteroatoms. The summed E-state index contributed by atoms with van der Waals surface area (Å²) in [6.07, 6.45) is 0. The zero-order valence-corrected chi connectivity index (χ0v) is 14.1. The van der Waals surface area contributed by atoms with E-state index in [1.165, 1.54) is 60.7 Å². The Morgan fingerprint density at radius 3 is 1.62 bits per heavy atom. The topological polar surface area (TPSA) is 113 Å². The number of ether oxygens (including phenoxy) is 2. The molecule has 3 aromatic rings. The Morgan fingerprint density at radius 1 is 0.654 bits per heavy atom. The molecule has 0 bridgehead atoms. The van der Waals surface area contributed by atoms with Crippen LogP contribution in [0.5, 0.6) is 34.5 Å². The van der Waals surface area contributed by atoms with Crippen LogP contribution in [0, 0.1) is 0 Å². The number of hydrogen-bond donors (Lipinski definition) is 3. The van der Waals surface area contributed by atoms with E-state index in [0.717, 1.165) is 6.07 Å². The molecule has 0 unspecified atom stereocenters. The number of phenols is 2. The van der Waals surface area contributed by atoms with Crippen molar-refractivity contribution in [1.82, 2.24) is 0 Å². The summed E-state index contributed by atoms with van der Waals surface area (Å²) in [5.41, 5.74) is 0. The molecule has 7 nitrogen and oxygen atoms in total. The van der Waals surface area contributed by atoms with E-state index in [-0.39, 0.29) is 28.7 Å². The van der Waals surface area contributed by atoms with Gasteiger partial charge in [0, 0.05) is 6.07 Å². The Morgan fingerprint density at radius 2 is 1.12 bits per heavy atom. The normalized spacial score (nSPS) is 11.1. The second-order valence-electron chi connectivity index (χ2n) is 5.28.